The van der Waals surface area contributed by atoms with Crippen LogP contribution in [0.5, 0.6) is 5.75 Å². The predicted molar refractivity (Wildman–Crippen MR) is 106 cm³/mol. The number of ether oxygens (including phenoxy) is 1. The highest BCUT2D eigenvalue weighted by Gasteiger charge is 2.38. The van der Waals surface area contributed by atoms with Crippen LogP contribution in [-0.4, -0.2) is 19.3 Å². The number of halogens is 4. The summed E-state index contributed by atoms with van der Waals surface area (Å²) < 4.78 is 61.3. The molecule has 0 aliphatic rings. The molecule has 3 rings (SSSR count). The molecule has 150 valence electrons. The second-order valence-corrected chi connectivity index (χ2v) is 6.28. The summed E-state index contributed by atoms with van der Waals surface area (Å²) in [4.78, 5) is 0. The van der Waals surface area contributed by atoms with Gasteiger partial charge in [-0.05, 0) is 41.0 Å². The van der Waals surface area contributed by atoms with Gasteiger partial charge in [-0.25, -0.2) is 4.39 Å². The molecule has 0 spiro atoms. The summed E-state index contributed by atoms with van der Waals surface area (Å²) >= 11 is 0. The molecule has 0 bridgehead atoms. The van der Waals surface area contributed by atoms with E-state index >= 15 is 0 Å². The van der Waals surface area contributed by atoms with Gasteiger partial charge in [-0.1, -0.05) is 54.6 Å². The molecular formula is C23H19F4NO. The van der Waals surface area contributed by atoms with E-state index < -0.39 is 17.6 Å². The Morgan fingerprint density at radius 1 is 0.759 bits per heavy atom. The smallest absolute Gasteiger partial charge is 0.417 e. The molecule has 3 aromatic carbocycles. The summed E-state index contributed by atoms with van der Waals surface area (Å²) in [6, 6.07) is 19.0. The number of hydrogen-bond donors (Lipinski definition) is 1. The molecule has 0 atom stereocenters. The minimum absolute atomic E-state index is 0.00934. The Morgan fingerprint density at radius 3 is 1.86 bits per heavy atom. The van der Waals surface area contributed by atoms with Crippen molar-refractivity contribution in [1.82, 2.24) is 0 Å². The molecule has 2 nitrogen and oxygen atoms in total. The lowest BCUT2D eigenvalue weighted by molar-refractivity contribution is -0.0685. The lowest BCUT2D eigenvalue weighted by Crippen LogP contribution is -2.14. The van der Waals surface area contributed by atoms with E-state index in [1.54, 1.807) is 54.6 Å². The summed E-state index contributed by atoms with van der Waals surface area (Å²) in [5.41, 5.74) is 5.25. The quantitative estimate of drug-likeness (QED) is 0.426. The van der Waals surface area contributed by atoms with Gasteiger partial charge in [0.2, 0.25) is 0 Å². The molecule has 0 fully saturated rings. The molecule has 2 N–H and O–H groups in total. The van der Waals surface area contributed by atoms with Crippen LogP contribution in [0.3, 0.4) is 0 Å². The first-order valence-corrected chi connectivity index (χ1v) is 8.96. The summed E-state index contributed by atoms with van der Waals surface area (Å²) in [6.45, 7) is 0.643. The molecule has 0 saturated carbocycles. The largest absolute Gasteiger partial charge is 0.492 e. The molecule has 0 amide bonds. The summed E-state index contributed by atoms with van der Waals surface area (Å²) in [7, 11) is 0. The van der Waals surface area contributed by atoms with E-state index in [4.69, 9.17) is 10.5 Å². The molecule has 0 radical (unpaired) electrons. The van der Waals surface area contributed by atoms with Crippen molar-refractivity contribution in [1.29, 1.82) is 0 Å². The van der Waals surface area contributed by atoms with Crippen molar-refractivity contribution < 1.29 is 22.3 Å². The van der Waals surface area contributed by atoms with Gasteiger partial charge in [-0.2, -0.15) is 13.2 Å². The third-order valence-corrected chi connectivity index (χ3v) is 4.26. The Balaban J connectivity index is 2.23. The van der Waals surface area contributed by atoms with E-state index in [0.29, 0.717) is 30.0 Å². The van der Waals surface area contributed by atoms with Gasteiger partial charge in [-0.15, -0.1) is 0 Å². The fourth-order valence-corrected chi connectivity index (χ4v) is 3.02. The topological polar surface area (TPSA) is 35.2 Å². The minimum Gasteiger partial charge on any atom is -0.492 e. The summed E-state index contributed by atoms with van der Waals surface area (Å²) in [5, 5.41) is 0. The van der Waals surface area contributed by atoms with Crippen LogP contribution in [-0.2, 0) is 0 Å². The maximum Gasteiger partial charge on any atom is 0.417 e. The number of allylic oxidation sites excluding steroid dienone is 1. The standard InChI is InChI=1S/C23H19F4NO/c24-19-10-6-18(7-11-19)22(23(25,26)27)21(16-4-2-1-3-5-16)17-8-12-20(13-9-17)29-15-14-28/h1-13H,14-15,28H2/b22-21-. The van der Waals surface area contributed by atoms with Crippen LogP contribution < -0.4 is 10.5 Å². The predicted octanol–water partition coefficient (Wildman–Crippen LogP) is 5.68. The Hall–Kier alpha value is -3.12. The number of alkyl halides is 3. The Kier molecular flexibility index (Phi) is 6.34. The fourth-order valence-electron chi connectivity index (χ4n) is 3.02. The number of rotatable bonds is 6. The molecule has 0 unspecified atom stereocenters. The van der Waals surface area contributed by atoms with E-state index in [1.165, 1.54) is 0 Å². The highest BCUT2D eigenvalue weighted by atomic mass is 19.4. The third kappa shape index (κ3) is 5.03. The van der Waals surface area contributed by atoms with Crippen LogP contribution in [0.2, 0.25) is 0 Å². The first-order chi connectivity index (χ1) is 13.9. The van der Waals surface area contributed by atoms with Gasteiger partial charge >= 0.3 is 6.18 Å². The first-order valence-electron chi connectivity index (χ1n) is 8.96. The van der Waals surface area contributed by atoms with Crippen molar-refractivity contribution in [2.24, 2.45) is 5.73 Å². The molecule has 0 aliphatic heterocycles. The third-order valence-electron chi connectivity index (χ3n) is 4.26. The van der Waals surface area contributed by atoms with Gasteiger partial charge in [0.05, 0.1) is 5.57 Å². The van der Waals surface area contributed by atoms with Crippen LogP contribution in [0, 0.1) is 5.82 Å². The molecule has 0 aromatic heterocycles. The van der Waals surface area contributed by atoms with Gasteiger partial charge in [0.15, 0.2) is 0 Å². The van der Waals surface area contributed by atoms with Crippen LogP contribution in [0.15, 0.2) is 78.9 Å². The van der Waals surface area contributed by atoms with E-state index in [0.717, 1.165) is 24.3 Å². The molecule has 0 heterocycles. The van der Waals surface area contributed by atoms with Gasteiger partial charge in [0.1, 0.15) is 18.2 Å². The van der Waals surface area contributed by atoms with Crippen LogP contribution >= 0.6 is 0 Å². The Labute approximate surface area is 166 Å². The fraction of sp³-hybridized carbons (Fsp3) is 0.130. The van der Waals surface area contributed by atoms with Crippen LogP contribution in [0.25, 0.3) is 11.1 Å². The zero-order valence-electron chi connectivity index (χ0n) is 15.4. The van der Waals surface area contributed by atoms with Crippen molar-refractivity contribution in [2.45, 2.75) is 6.18 Å². The van der Waals surface area contributed by atoms with Crippen molar-refractivity contribution in [3.05, 3.63) is 101 Å². The van der Waals surface area contributed by atoms with E-state index in [2.05, 4.69) is 0 Å². The van der Waals surface area contributed by atoms with Crippen molar-refractivity contribution in [2.75, 3.05) is 13.2 Å². The molecular weight excluding hydrogens is 382 g/mol. The van der Waals surface area contributed by atoms with E-state index in [-0.39, 0.29) is 11.1 Å². The van der Waals surface area contributed by atoms with Crippen LogP contribution in [0.1, 0.15) is 16.7 Å². The monoisotopic (exact) mass is 401 g/mol. The van der Waals surface area contributed by atoms with Crippen LogP contribution in [0.4, 0.5) is 17.6 Å². The Bertz CT molecular complexity index is 963. The average molecular weight is 401 g/mol. The second-order valence-electron chi connectivity index (χ2n) is 6.28. The highest BCUT2D eigenvalue weighted by molar-refractivity contribution is 6.00. The van der Waals surface area contributed by atoms with Crippen molar-refractivity contribution in [3.8, 4) is 5.75 Å². The minimum atomic E-state index is -4.66. The lowest BCUT2D eigenvalue weighted by Gasteiger charge is -2.20. The first kappa shape index (κ1) is 20.6. The van der Waals surface area contributed by atoms with Gasteiger partial charge in [-0.3, -0.25) is 0 Å². The van der Waals surface area contributed by atoms with Gasteiger partial charge in [0.25, 0.3) is 0 Å². The molecule has 29 heavy (non-hydrogen) atoms. The van der Waals surface area contributed by atoms with Crippen molar-refractivity contribution >= 4 is 11.1 Å². The number of nitrogens with two attached hydrogens (primary N) is 1. The molecule has 0 saturated heterocycles. The van der Waals surface area contributed by atoms with Gasteiger partial charge in [0, 0.05) is 12.1 Å². The highest BCUT2D eigenvalue weighted by Crippen LogP contribution is 2.42. The normalized spacial score (nSPS) is 12.4. The van der Waals surface area contributed by atoms with E-state index in [9.17, 15) is 17.6 Å². The molecule has 6 heteroatoms. The van der Waals surface area contributed by atoms with Crippen molar-refractivity contribution in [3.63, 3.8) is 0 Å². The summed E-state index contributed by atoms with van der Waals surface area (Å²) in [5.74, 6) is -0.0834. The lowest BCUT2D eigenvalue weighted by atomic mass is 9.89. The maximum absolute atomic E-state index is 14.2. The molecule has 3 aromatic rings. The molecule has 0 aliphatic carbocycles. The van der Waals surface area contributed by atoms with E-state index in [1.807, 2.05) is 0 Å². The average Bonchev–Trinajstić information content (AvgIpc) is 2.72. The maximum atomic E-state index is 14.2. The second kappa shape index (κ2) is 8.92. The van der Waals surface area contributed by atoms with Gasteiger partial charge < -0.3 is 10.5 Å². The SMILES string of the molecule is NCCOc1ccc(/C(=C(/c2ccc(F)cc2)C(F)(F)F)c2ccccc2)cc1. The zero-order valence-corrected chi connectivity index (χ0v) is 15.4. The number of benzene rings is 3. The zero-order chi connectivity index (χ0) is 20.9. The summed E-state index contributed by atoms with van der Waals surface area (Å²) in [6.07, 6.45) is -4.66. The number of hydrogen-bond acceptors (Lipinski definition) is 2. The Morgan fingerprint density at radius 2 is 1.31 bits per heavy atom.